The lowest BCUT2D eigenvalue weighted by atomic mass is 10.2. The maximum absolute atomic E-state index is 9.35. The average molecular weight is 334 g/mol. The van der Waals surface area contributed by atoms with Gasteiger partial charge in [-0.05, 0) is 29.8 Å². The molecule has 0 fully saturated rings. The van der Waals surface area contributed by atoms with Gasteiger partial charge in [0.15, 0.2) is 0 Å². The number of hydrogen-bond acceptors (Lipinski definition) is 6. The summed E-state index contributed by atoms with van der Waals surface area (Å²) in [6.07, 6.45) is 5.18. The smallest absolute Gasteiger partial charge is 0.147 e. The third-order valence-corrected chi connectivity index (χ3v) is 4.83. The van der Waals surface area contributed by atoms with Crippen molar-refractivity contribution < 1.29 is 5.11 Å². The van der Waals surface area contributed by atoms with E-state index in [1.54, 1.807) is 36.0 Å². The fourth-order valence-corrected chi connectivity index (χ4v) is 3.50. The van der Waals surface area contributed by atoms with Gasteiger partial charge in [0.2, 0.25) is 0 Å². The Morgan fingerprint density at radius 2 is 1.96 bits per heavy atom. The number of nitrogens with one attached hydrogen (secondary N) is 1. The second-order valence-electron chi connectivity index (χ2n) is 5.31. The number of thiophene rings is 1. The highest BCUT2D eigenvalue weighted by Gasteiger charge is 2.10. The summed E-state index contributed by atoms with van der Waals surface area (Å²) in [5.41, 5.74) is 3.07. The van der Waals surface area contributed by atoms with Gasteiger partial charge in [-0.15, -0.1) is 11.3 Å². The third-order valence-electron chi connectivity index (χ3n) is 3.65. The van der Waals surface area contributed by atoms with Crippen LogP contribution in [0.3, 0.4) is 0 Å². The van der Waals surface area contributed by atoms with E-state index in [0.29, 0.717) is 6.54 Å². The van der Waals surface area contributed by atoms with Gasteiger partial charge >= 0.3 is 0 Å². The molecule has 0 spiro atoms. The fraction of sp³-hybridized carbons (Fsp3) is 0.0556. The van der Waals surface area contributed by atoms with Gasteiger partial charge in [-0.25, -0.2) is 9.97 Å². The minimum Gasteiger partial charge on any atom is -0.508 e. The van der Waals surface area contributed by atoms with Crippen LogP contribution in [-0.2, 0) is 6.54 Å². The lowest BCUT2D eigenvalue weighted by Crippen LogP contribution is -2.01. The number of phenolic OH excluding ortho intramolecular Hbond substituents is 1. The van der Waals surface area contributed by atoms with Gasteiger partial charge in [0.1, 0.15) is 17.9 Å². The molecule has 24 heavy (non-hydrogen) atoms. The van der Waals surface area contributed by atoms with Crippen LogP contribution in [0.4, 0.5) is 5.82 Å². The first-order valence-electron chi connectivity index (χ1n) is 7.46. The molecule has 0 unspecified atom stereocenters. The SMILES string of the molecule is Oc1ccc(CNc2ncnc3cc(-c4cccnc4)sc23)cc1. The van der Waals surface area contributed by atoms with E-state index in [9.17, 15) is 5.11 Å². The molecule has 0 amide bonds. The number of fused-ring (bicyclic) bond motifs is 1. The van der Waals surface area contributed by atoms with Crippen molar-refractivity contribution >= 4 is 27.4 Å². The Labute approximate surface area is 142 Å². The summed E-state index contributed by atoms with van der Waals surface area (Å²) in [4.78, 5) is 14.0. The highest BCUT2D eigenvalue weighted by atomic mass is 32.1. The fourth-order valence-electron chi connectivity index (χ4n) is 2.43. The van der Waals surface area contributed by atoms with Gasteiger partial charge in [-0.3, -0.25) is 4.98 Å². The molecule has 0 radical (unpaired) electrons. The van der Waals surface area contributed by atoms with Crippen molar-refractivity contribution in [1.29, 1.82) is 0 Å². The molecule has 3 heterocycles. The van der Waals surface area contributed by atoms with Gasteiger partial charge in [-0.2, -0.15) is 0 Å². The van der Waals surface area contributed by atoms with E-state index in [4.69, 9.17) is 0 Å². The van der Waals surface area contributed by atoms with E-state index >= 15 is 0 Å². The zero-order valence-corrected chi connectivity index (χ0v) is 13.5. The number of nitrogens with zero attached hydrogens (tertiary/aromatic N) is 3. The molecule has 1 aromatic carbocycles. The van der Waals surface area contributed by atoms with Gasteiger partial charge in [0.25, 0.3) is 0 Å². The Kier molecular flexibility index (Phi) is 3.80. The summed E-state index contributed by atoms with van der Waals surface area (Å²) in [7, 11) is 0. The van der Waals surface area contributed by atoms with Crippen LogP contribution in [0, 0.1) is 0 Å². The van der Waals surface area contributed by atoms with Gasteiger partial charge in [0, 0.05) is 29.4 Å². The Bertz CT molecular complexity index is 967. The number of benzene rings is 1. The number of rotatable bonds is 4. The number of phenols is 1. The van der Waals surface area contributed by atoms with Crippen molar-refractivity contribution in [3.63, 3.8) is 0 Å². The van der Waals surface area contributed by atoms with E-state index in [-0.39, 0.29) is 5.75 Å². The van der Waals surface area contributed by atoms with Gasteiger partial charge < -0.3 is 10.4 Å². The first-order valence-corrected chi connectivity index (χ1v) is 8.28. The molecule has 5 nitrogen and oxygen atoms in total. The number of pyridine rings is 1. The van der Waals surface area contributed by atoms with Crippen molar-refractivity contribution in [3.05, 3.63) is 66.7 Å². The minimum absolute atomic E-state index is 0.266. The molecule has 0 atom stereocenters. The summed E-state index contributed by atoms with van der Waals surface area (Å²) in [5.74, 6) is 1.08. The Morgan fingerprint density at radius 3 is 2.75 bits per heavy atom. The molecule has 0 saturated heterocycles. The molecule has 118 valence electrons. The van der Waals surface area contributed by atoms with E-state index < -0.39 is 0 Å². The first-order chi connectivity index (χ1) is 11.8. The van der Waals surface area contributed by atoms with Crippen LogP contribution in [-0.4, -0.2) is 20.1 Å². The van der Waals surface area contributed by atoms with Crippen molar-refractivity contribution in [2.75, 3.05) is 5.32 Å². The van der Waals surface area contributed by atoms with Crippen LogP contribution < -0.4 is 5.32 Å². The zero-order valence-electron chi connectivity index (χ0n) is 12.7. The molecular weight excluding hydrogens is 320 g/mol. The first kappa shape index (κ1) is 14.6. The summed E-state index contributed by atoms with van der Waals surface area (Å²) in [6.45, 7) is 0.631. The van der Waals surface area contributed by atoms with E-state index in [1.165, 1.54) is 0 Å². The summed E-state index contributed by atoms with van der Waals surface area (Å²) in [6, 6.07) is 13.2. The highest BCUT2D eigenvalue weighted by molar-refractivity contribution is 7.22. The normalized spacial score (nSPS) is 10.8. The minimum atomic E-state index is 0.266. The number of anilines is 1. The van der Waals surface area contributed by atoms with Crippen LogP contribution in [0.1, 0.15) is 5.56 Å². The van der Waals surface area contributed by atoms with Crippen LogP contribution in [0.15, 0.2) is 61.2 Å². The van der Waals surface area contributed by atoms with Crippen LogP contribution in [0.2, 0.25) is 0 Å². The van der Waals surface area contributed by atoms with Crippen molar-refractivity contribution in [2.45, 2.75) is 6.54 Å². The van der Waals surface area contributed by atoms with E-state index in [0.717, 1.165) is 32.0 Å². The number of aromatic hydroxyl groups is 1. The summed E-state index contributed by atoms with van der Waals surface area (Å²) >= 11 is 1.65. The highest BCUT2D eigenvalue weighted by Crippen LogP contribution is 2.35. The van der Waals surface area contributed by atoms with Crippen LogP contribution >= 0.6 is 11.3 Å². The molecule has 4 aromatic rings. The van der Waals surface area contributed by atoms with E-state index in [1.807, 2.05) is 30.5 Å². The molecule has 3 aromatic heterocycles. The molecule has 2 N–H and O–H groups in total. The van der Waals surface area contributed by atoms with Gasteiger partial charge in [0.05, 0.1) is 10.2 Å². The molecule has 0 aliphatic rings. The van der Waals surface area contributed by atoms with Crippen molar-refractivity contribution in [3.8, 4) is 16.2 Å². The maximum Gasteiger partial charge on any atom is 0.147 e. The summed E-state index contributed by atoms with van der Waals surface area (Å²) in [5, 5.41) is 12.7. The molecular formula is C18H14N4OS. The lowest BCUT2D eigenvalue weighted by Gasteiger charge is -2.06. The Balaban J connectivity index is 1.63. The van der Waals surface area contributed by atoms with E-state index in [2.05, 4.69) is 26.3 Å². The van der Waals surface area contributed by atoms with Crippen LogP contribution in [0.25, 0.3) is 20.7 Å². The monoisotopic (exact) mass is 334 g/mol. The number of aromatic nitrogens is 3. The van der Waals surface area contributed by atoms with Crippen molar-refractivity contribution in [1.82, 2.24) is 15.0 Å². The predicted octanol–water partition coefficient (Wildman–Crippen LogP) is 4.07. The topological polar surface area (TPSA) is 70.9 Å². The van der Waals surface area contributed by atoms with Crippen molar-refractivity contribution in [2.24, 2.45) is 0 Å². The molecule has 4 rings (SSSR count). The number of hydrogen-bond donors (Lipinski definition) is 2. The Morgan fingerprint density at radius 1 is 1.08 bits per heavy atom. The largest absolute Gasteiger partial charge is 0.508 e. The summed E-state index contributed by atoms with van der Waals surface area (Å²) < 4.78 is 1.02. The zero-order chi connectivity index (χ0) is 16.4. The predicted molar refractivity (Wildman–Crippen MR) is 96.1 cm³/mol. The molecule has 0 aliphatic heterocycles. The molecule has 0 aliphatic carbocycles. The maximum atomic E-state index is 9.35. The van der Waals surface area contributed by atoms with Crippen LogP contribution in [0.5, 0.6) is 5.75 Å². The second-order valence-corrected chi connectivity index (χ2v) is 6.36. The molecule has 0 bridgehead atoms. The quantitative estimate of drug-likeness (QED) is 0.589. The molecule has 0 saturated carbocycles. The second kappa shape index (κ2) is 6.25. The molecule has 6 heteroatoms. The third kappa shape index (κ3) is 2.91. The lowest BCUT2D eigenvalue weighted by molar-refractivity contribution is 0.475. The van der Waals surface area contributed by atoms with Gasteiger partial charge in [-0.1, -0.05) is 18.2 Å². The average Bonchev–Trinajstić information content (AvgIpc) is 3.07. The Hall–Kier alpha value is -2.99. The standard InChI is InChI=1S/C18H14N4OS/c23-14-5-3-12(4-6-14)9-20-18-17-15(21-11-22-18)8-16(24-17)13-2-1-7-19-10-13/h1-8,10-11,23H,9H2,(H,20,21,22).